The van der Waals surface area contributed by atoms with Crippen LogP contribution < -0.4 is 0 Å². The van der Waals surface area contributed by atoms with Crippen LogP contribution in [0.4, 0.5) is 8.78 Å². The summed E-state index contributed by atoms with van der Waals surface area (Å²) in [5.74, 6) is -1.31. The van der Waals surface area contributed by atoms with Crippen LogP contribution in [-0.2, 0) is 6.42 Å². The average Bonchev–Trinajstić information content (AvgIpc) is 2.33. The molecule has 94 valence electrons. The van der Waals surface area contributed by atoms with Crippen molar-refractivity contribution < 1.29 is 13.9 Å². The second-order valence-electron chi connectivity index (χ2n) is 4.04. The lowest BCUT2D eigenvalue weighted by Crippen LogP contribution is -2.06. The Morgan fingerprint density at radius 3 is 2.61 bits per heavy atom. The van der Waals surface area contributed by atoms with Crippen LogP contribution >= 0.6 is 0 Å². The van der Waals surface area contributed by atoms with Gasteiger partial charge in [0.2, 0.25) is 0 Å². The summed E-state index contributed by atoms with van der Waals surface area (Å²) in [6, 6.07) is 3.27. The molecule has 0 saturated carbocycles. The highest BCUT2D eigenvalue weighted by atomic mass is 19.1. The lowest BCUT2D eigenvalue weighted by molar-refractivity contribution is 0.171. The molecular weight excluding hydrogens is 238 g/mol. The quantitative estimate of drug-likeness (QED) is 0.909. The van der Waals surface area contributed by atoms with Crippen molar-refractivity contribution in [2.45, 2.75) is 19.4 Å². The van der Waals surface area contributed by atoms with E-state index < -0.39 is 17.7 Å². The van der Waals surface area contributed by atoms with Crippen LogP contribution in [0.2, 0.25) is 0 Å². The van der Waals surface area contributed by atoms with Gasteiger partial charge in [0.25, 0.3) is 0 Å². The third-order valence-electron chi connectivity index (χ3n) is 2.57. The maximum atomic E-state index is 13.4. The molecule has 0 aliphatic carbocycles. The zero-order chi connectivity index (χ0) is 13.1. The number of benzene rings is 1. The summed E-state index contributed by atoms with van der Waals surface area (Å²) in [5.41, 5.74) is 1.34. The summed E-state index contributed by atoms with van der Waals surface area (Å²) in [4.78, 5) is 8.01. The number of nitrogens with zero attached hydrogens (tertiary/aromatic N) is 2. The van der Waals surface area contributed by atoms with Crippen molar-refractivity contribution in [3.05, 3.63) is 59.2 Å². The molecule has 0 radical (unpaired) electrons. The fraction of sp³-hybridized carbons (Fsp3) is 0.231. The first-order valence-electron chi connectivity index (χ1n) is 5.47. The Kier molecular flexibility index (Phi) is 3.62. The van der Waals surface area contributed by atoms with E-state index in [-0.39, 0.29) is 12.0 Å². The predicted molar refractivity (Wildman–Crippen MR) is 61.8 cm³/mol. The first-order chi connectivity index (χ1) is 8.56. The molecule has 1 atom stereocenters. The number of aromatic nitrogens is 2. The number of aliphatic hydroxyl groups excluding tert-OH is 1. The molecule has 2 aromatic rings. The average molecular weight is 250 g/mol. The Morgan fingerprint density at radius 1 is 1.22 bits per heavy atom. The van der Waals surface area contributed by atoms with Gasteiger partial charge in [-0.05, 0) is 18.6 Å². The Hall–Kier alpha value is -1.88. The number of aryl methyl sites for hydroxylation is 1. The van der Waals surface area contributed by atoms with Gasteiger partial charge in [-0.3, -0.25) is 9.97 Å². The number of rotatable bonds is 3. The number of hydrogen-bond donors (Lipinski definition) is 1. The number of aliphatic hydroxyl groups is 1. The highest BCUT2D eigenvalue weighted by molar-refractivity contribution is 5.20. The molecule has 1 aromatic heterocycles. The van der Waals surface area contributed by atoms with Gasteiger partial charge in [-0.2, -0.15) is 0 Å². The van der Waals surface area contributed by atoms with Gasteiger partial charge >= 0.3 is 0 Å². The van der Waals surface area contributed by atoms with Crippen molar-refractivity contribution in [2.24, 2.45) is 0 Å². The van der Waals surface area contributed by atoms with Gasteiger partial charge in [0.15, 0.2) is 0 Å². The second kappa shape index (κ2) is 5.18. The van der Waals surface area contributed by atoms with Crippen molar-refractivity contribution in [3.63, 3.8) is 0 Å². The zero-order valence-electron chi connectivity index (χ0n) is 9.77. The molecule has 0 amide bonds. The molecule has 18 heavy (non-hydrogen) atoms. The van der Waals surface area contributed by atoms with Crippen LogP contribution in [0.25, 0.3) is 0 Å². The molecule has 0 saturated heterocycles. The Bertz CT molecular complexity index is 543. The van der Waals surface area contributed by atoms with Gasteiger partial charge in [0.1, 0.15) is 17.7 Å². The molecule has 1 heterocycles. The lowest BCUT2D eigenvalue weighted by atomic mass is 10.1. The first-order valence-corrected chi connectivity index (χ1v) is 5.47. The van der Waals surface area contributed by atoms with E-state index >= 15 is 0 Å². The fourth-order valence-corrected chi connectivity index (χ4v) is 1.57. The number of halogens is 2. The maximum absolute atomic E-state index is 13.4. The number of hydrogen-bond acceptors (Lipinski definition) is 3. The molecule has 0 spiro atoms. The monoisotopic (exact) mass is 250 g/mol. The molecule has 0 aliphatic heterocycles. The summed E-state index contributed by atoms with van der Waals surface area (Å²) >= 11 is 0. The van der Waals surface area contributed by atoms with Crippen LogP contribution in [0, 0.1) is 18.6 Å². The van der Waals surface area contributed by atoms with E-state index in [4.69, 9.17) is 0 Å². The van der Waals surface area contributed by atoms with Crippen molar-refractivity contribution in [1.29, 1.82) is 0 Å². The van der Waals surface area contributed by atoms with E-state index in [0.717, 1.165) is 17.8 Å². The van der Waals surface area contributed by atoms with Crippen molar-refractivity contribution in [2.75, 3.05) is 0 Å². The third-order valence-corrected chi connectivity index (χ3v) is 2.57. The third kappa shape index (κ3) is 2.87. The van der Waals surface area contributed by atoms with Crippen LogP contribution in [0.5, 0.6) is 0 Å². The molecule has 1 unspecified atom stereocenters. The minimum Gasteiger partial charge on any atom is -0.386 e. The highest BCUT2D eigenvalue weighted by Crippen LogP contribution is 2.18. The van der Waals surface area contributed by atoms with E-state index in [2.05, 4.69) is 9.97 Å². The summed E-state index contributed by atoms with van der Waals surface area (Å²) in [5, 5.41) is 9.90. The largest absolute Gasteiger partial charge is 0.386 e. The molecule has 2 rings (SSSR count). The van der Waals surface area contributed by atoms with Crippen molar-refractivity contribution >= 4 is 0 Å². The molecular formula is C13H12F2N2O. The fourth-order valence-electron chi connectivity index (χ4n) is 1.57. The van der Waals surface area contributed by atoms with Gasteiger partial charge < -0.3 is 5.11 Å². The second-order valence-corrected chi connectivity index (χ2v) is 4.04. The van der Waals surface area contributed by atoms with E-state index in [1.807, 2.05) is 0 Å². The maximum Gasteiger partial charge on any atom is 0.129 e. The van der Waals surface area contributed by atoms with Gasteiger partial charge in [-0.15, -0.1) is 0 Å². The van der Waals surface area contributed by atoms with Crippen LogP contribution in [0.3, 0.4) is 0 Å². The Labute approximate surface area is 103 Å². The van der Waals surface area contributed by atoms with Crippen LogP contribution in [-0.4, -0.2) is 15.1 Å². The molecule has 0 aliphatic rings. The van der Waals surface area contributed by atoms with Gasteiger partial charge in [-0.1, -0.05) is 6.07 Å². The molecule has 1 N–H and O–H groups in total. The summed E-state index contributed by atoms with van der Waals surface area (Å²) in [6.45, 7) is 1.78. The smallest absolute Gasteiger partial charge is 0.129 e. The van der Waals surface area contributed by atoms with E-state index in [1.165, 1.54) is 18.5 Å². The normalized spacial score (nSPS) is 12.4. The van der Waals surface area contributed by atoms with E-state index in [0.29, 0.717) is 5.69 Å². The van der Waals surface area contributed by atoms with Gasteiger partial charge in [0, 0.05) is 18.7 Å². The highest BCUT2D eigenvalue weighted by Gasteiger charge is 2.13. The molecule has 0 fully saturated rings. The summed E-state index contributed by atoms with van der Waals surface area (Å²) < 4.78 is 26.1. The van der Waals surface area contributed by atoms with Crippen molar-refractivity contribution in [3.8, 4) is 0 Å². The predicted octanol–water partition coefficient (Wildman–Crippen LogP) is 2.34. The molecule has 3 nitrogen and oxygen atoms in total. The SMILES string of the molecule is Cc1cnc(C(O)Cc2ccc(F)cc2F)cn1. The molecule has 1 aromatic carbocycles. The lowest BCUT2D eigenvalue weighted by Gasteiger charge is -2.10. The molecule has 5 heteroatoms. The Morgan fingerprint density at radius 2 is 2.00 bits per heavy atom. The van der Waals surface area contributed by atoms with Crippen LogP contribution in [0.1, 0.15) is 23.1 Å². The Balaban J connectivity index is 2.15. The first kappa shape index (κ1) is 12.6. The van der Waals surface area contributed by atoms with Crippen LogP contribution in [0.15, 0.2) is 30.6 Å². The summed E-state index contributed by atoms with van der Waals surface area (Å²) in [7, 11) is 0. The minimum atomic E-state index is -0.960. The molecule has 0 bridgehead atoms. The van der Waals surface area contributed by atoms with Gasteiger partial charge in [-0.25, -0.2) is 8.78 Å². The minimum absolute atomic E-state index is 0.0316. The van der Waals surface area contributed by atoms with Gasteiger partial charge in [0.05, 0.1) is 17.6 Å². The standard InChI is InChI=1S/C13H12F2N2O/c1-8-6-17-12(7-16-8)13(18)4-9-2-3-10(14)5-11(9)15/h2-3,5-7,13,18H,4H2,1H3. The van der Waals surface area contributed by atoms with Crippen molar-refractivity contribution in [1.82, 2.24) is 9.97 Å². The zero-order valence-corrected chi connectivity index (χ0v) is 9.77. The summed E-state index contributed by atoms with van der Waals surface area (Å²) in [6.07, 6.45) is 2.04. The topological polar surface area (TPSA) is 46.0 Å². The van der Waals surface area contributed by atoms with E-state index in [1.54, 1.807) is 6.92 Å². The van der Waals surface area contributed by atoms with E-state index in [9.17, 15) is 13.9 Å².